The minimum atomic E-state index is -0.254. The third kappa shape index (κ3) is 4.70. The van der Waals surface area contributed by atoms with Crippen LogP contribution < -0.4 is 16.0 Å². The molecule has 0 aliphatic carbocycles. The Hall–Kier alpha value is -2.67. The molecule has 2 heterocycles. The fourth-order valence-corrected chi connectivity index (χ4v) is 3.13. The van der Waals surface area contributed by atoms with Gasteiger partial charge in [0.15, 0.2) is 5.82 Å². The van der Waals surface area contributed by atoms with E-state index in [9.17, 15) is 4.79 Å². The van der Waals surface area contributed by atoms with Gasteiger partial charge in [-0.2, -0.15) is 0 Å². The monoisotopic (exact) mass is 369 g/mol. The summed E-state index contributed by atoms with van der Waals surface area (Å²) in [6.45, 7) is 6.91. The second-order valence-electron chi connectivity index (χ2n) is 6.95. The summed E-state index contributed by atoms with van der Waals surface area (Å²) in [5.41, 5.74) is 0.641. The summed E-state index contributed by atoms with van der Waals surface area (Å²) in [6, 6.07) is 11.7. The van der Waals surface area contributed by atoms with E-state index in [0.717, 1.165) is 21.6 Å². The highest BCUT2D eigenvalue weighted by atomic mass is 32.1. The molecule has 0 aliphatic heterocycles. The van der Waals surface area contributed by atoms with E-state index in [0.29, 0.717) is 18.9 Å². The van der Waals surface area contributed by atoms with E-state index in [4.69, 9.17) is 0 Å². The molecule has 2 aromatic heterocycles. The van der Waals surface area contributed by atoms with Gasteiger partial charge in [-0.1, -0.05) is 18.2 Å². The SMILES string of the molecule is CC(C)(C)NC(=O)NCCNc1nc(-c2cccs2)nc2ccccc12. The van der Waals surface area contributed by atoms with Gasteiger partial charge in [-0.25, -0.2) is 14.8 Å². The van der Waals surface area contributed by atoms with Gasteiger partial charge in [-0.05, 0) is 44.4 Å². The van der Waals surface area contributed by atoms with Crippen molar-refractivity contribution >= 4 is 34.1 Å². The van der Waals surface area contributed by atoms with Crippen LogP contribution in [0.2, 0.25) is 0 Å². The number of anilines is 1. The number of amides is 2. The molecule has 7 heteroatoms. The number of aromatic nitrogens is 2. The van der Waals surface area contributed by atoms with Crippen molar-refractivity contribution < 1.29 is 4.79 Å². The number of nitrogens with one attached hydrogen (secondary N) is 3. The van der Waals surface area contributed by atoms with Crippen LogP contribution in [0, 0.1) is 0 Å². The van der Waals surface area contributed by atoms with Crippen LogP contribution in [0.3, 0.4) is 0 Å². The summed E-state index contributed by atoms with van der Waals surface area (Å²) < 4.78 is 0. The second-order valence-corrected chi connectivity index (χ2v) is 7.90. The highest BCUT2D eigenvalue weighted by molar-refractivity contribution is 7.13. The molecule has 2 amide bonds. The molecule has 1 aromatic carbocycles. The molecule has 0 bridgehead atoms. The minimum Gasteiger partial charge on any atom is -0.368 e. The molecule has 3 N–H and O–H groups in total. The van der Waals surface area contributed by atoms with Crippen molar-refractivity contribution in [3.8, 4) is 10.7 Å². The van der Waals surface area contributed by atoms with Gasteiger partial charge in [0.1, 0.15) is 5.82 Å². The fraction of sp³-hybridized carbons (Fsp3) is 0.316. The van der Waals surface area contributed by atoms with Crippen molar-refractivity contribution in [2.75, 3.05) is 18.4 Å². The first-order valence-corrected chi connectivity index (χ1v) is 9.41. The van der Waals surface area contributed by atoms with E-state index < -0.39 is 0 Å². The molecule has 0 aliphatic rings. The minimum absolute atomic E-state index is 0.175. The lowest BCUT2D eigenvalue weighted by Crippen LogP contribution is -2.47. The zero-order chi connectivity index (χ0) is 18.6. The Morgan fingerprint density at radius 2 is 1.88 bits per heavy atom. The molecule has 0 atom stereocenters. The van der Waals surface area contributed by atoms with E-state index in [1.54, 1.807) is 11.3 Å². The highest BCUT2D eigenvalue weighted by Crippen LogP contribution is 2.27. The maximum absolute atomic E-state index is 11.8. The smallest absolute Gasteiger partial charge is 0.315 e. The van der Waals surface area contributed by atoms with Crippen molar-refractivity contribution in [1.29, 1.82) is 0 Å². The standard InChI is InChI=1S/C19H23N5OS/c1-19(2,3)24-18(25)21-11-10-20-16-13-7-4-5-8-14(13)22-17(23-16)15-9-6-12-26-15/h4-9,12H,10-11H2,1-3H3,(H,20,22,23)(H2,21,24,25). The molecule has 0 unspecified atom stereocenters. The van der Waals surface area contributed by atoms with Crippen LogP contribution in [-0.2, 0) is 0 Å². The molecule has 136 valence electrons. The molecule has 3 aromatic rings. The molecule has 0 saturated heterocycles. The van der Waals surface area contributed by atoms with Crippen LogP contribution in [-0.4, -0.2) is 34.6 Å². The topological polar surface area (TPSA) is 78.9 Å². The number of fused-ring (bicyclic) bond motifs is 1. The van der Waals surface area contributed by atoms with Gasteiger partial charge < -0.3 is 16.0 Å². The number of hydrogen-bond acceptors (Lipinski definition) is 5. The lowest BCUT2D eigenvalue weighted by atomic mass is 10.1. The van der Waals surface area contributed by atoms with E-state index in [1.165, 1.54) is 0 Å². The van der Waals surface area contributed by atoms with Crippen molar-refractivity contribution in [2.24, 2.45) is 0 Å². The number of carbonyl (C=O) groups excluding carboxylic acids is 1. The van der Waals surface area contributed by atoms with Crippen LogP contribution in [0.1, 0.15) is 20.8 Å². The van der Waals surface area contributed by atoms with Crippen LogP contribution in [0.15, 0.2) is 41.8 Å². The number of thiophene rings is 1. The number of rotatable bonds is 5. The Morgan fingerprint density at radius 3 is 2.62 bits per heavy atom. The molecule has 0 fully saturated rings. The average molecular weight is 369 g/mol. The summed E-state index contributed by atoms with van der Waals surface area (Å²) in [4.78, 5) is 22.2. The maximum atomic E-state index is 11.8. The molecule has 3 rings (SSSR count). The van der Waals surface area contributed by atoms with Gasteiger partial charge in [0.25, 0.3) is 0 Å². The van der Waals surface area contributed by atoms with Crippen molar-refractivity contribution in [1.82, 2.24) is 20.6 Å². The van der Waals surface area contributed by atoms with Crippen molar-refractivity contribution in [2.45, 2.75) is 26.3 Å². The Bertz CT molecular complexity index is 887. The quantitative estimate of drug-likeness (QED) is 0.597. The lowest BCUT2D eigenvalue weighted by Gasteiger charge is -2.20. The number of urea groups is 1. The first-order chi connectivity index (χ1) is 12.4. The average Bonchev–Trinajstić information content (AvgIpc) is 3.11. The van der Waals surface area contributed by atoms with E-state index in [2.05, 4.69) is 25.9 Å². The van der Waals surface area contributed by atoms with Crippen molar-refractivity contribution in [3.05, 3.63) is 41.8 Å². The molecular formula is C19H23N5OS. The summed E-state index contributed by atoms with van der Waals surface area (Å²) >= 11 is 1.61. The number of nitrogens with zero attached hydrogens (tertiary/aromatic N) is 2. The van der Waals surface area contributed by atoms with Gasteiger partial charge in [-0.15, -0.1) is 11.3 Å². The Morgan fingerprint density at radius 1 is 1.08 bits per heavy atom. The Labute approximate surface area is 157 Å². The number of benzene rings is 1. The van der Waals surface area contributed by atoms with E-state index in [-0.39, 0.29) is 11.6 Å². The molecule has 6 nitrogen and oxygen atoms in total. The number of carbonyl (C=O) groups is 1. The van der Waals surface area contributed by atoms with Gasteiger partial charge >= 0.3 is 6.03 Å². The van der Waals surface area contributed by atoms with Gasteiger partial charge in [0.2, 0.25) is 0 Å². The predicted octanol–water partition coefficient (Wildman–Crippen LogP) is 3.87. The van der Waals surface area contributed by atoms with E-state index >= 15 is 0 Å². The third-order valence-electron chi connectivity index (χ3n) is 3.54. The number of hydrogen-bond donors (Lipinski definition) is 3. The predicted molar refractivity (Wildman–Crippen MR) is 108 cm³/mol. The van der Waals surface area contributed by atoms with Gasteiger partial charge in [-0.3, -0.25) is 0 Å². The van der Waals surface area contributed by atoms with Crippen LogP contribution in [0.25, 0.3) is 21.6 Å². The first kappa shape index (κ1) is 18.1. The lowest BCUT2D eigenvalue weighted by molar-refractivity contribution is 0.232. The van der Waals surface area contributed by atoms with Crippen LogP contribution >= 0.6 is 11.3 Å². The van der Waals surface area contributed by atoms with E-state index in [1.807, 2.05) is 62.5 Å². The summed E-state index contributed by atoms with van der Waals surface area (Å²) in [7, 11) is 0. The highest BCUT2D eigenvalue weighted by Gasteiger charge is 2.13. The Balaban J connectivity index is 1.70. The Kier molecular flexibility index (Phi) is 5.37. The summed E-state index contributed by atoms with van der Waals surface area (Å²) in [5, 5.41) is 12.0. The van der Waals surface area contributed by atoms with Gasteiger partial charge in [0, 0.05) is 24.0 Å². The molecule has 0 radical (unpaired) electrons. The maximum Gasteiger partial charge on any atom is 0.315 e. The van der Waals surface area contributed by atoms with Crippen LogP contribution in [0.4, 0.5) is 10.6 Å². The van der Waals surface area contributed by atoms with Crippen molar-refractivity contribution in [3.63, 3.8) is 0 Å². The third-order valence-corrected chi connectivity index (χ3v) is 4.40. The van der Waals surface area contributed by atoms with Gasteiger partial charge in [0.05, 0.1) is 10.4 Å². The summed E-state index contributed by atoms with van der Waals surface area (Å²) in [5.74, 6) is 1.48. The molecule has 0 spiro atoms. The summed E-state index contributed by atoms with van der Waals surface area (Å²) in [6.07, 6.45) is 0. The zero-order valence-electron chi connectivity index (χ0n) is 15.2. The first-order valence-electron chi connectivity index (χ1n) is 8.53. The largest absolute Gasteiger partial charge is 0.368 e. The molecule has 0 saturated carbocycles. The molecule has 26 heavy (non-hydrogen) atoms. The fourth-order valence-electron chi connectivity index (χ4n) is 2.47. The van der Waals surface area contributed by atoms with Crippen LogP contribution in [0.5, 0.6) is 0 Å². The second kappa shape index (κ2) is 7.70. The normalized spacial score (nSPS) is 11.3. The zero-order valence-corrected chi connectivity index (χ0v) is 16.0. The molecular weight excluding hydrogens is 346 g/mol. The number of para-hydroxylation sites is 1.